The Bertz CT molecular complexity index is 284. The van der Waals surface area contributed by atoms with Crippen LogP contribution in [0.2, 0.25) is 0 Å². The Kier molecular flexibility index (Phi) is 5.40. The van der Waals surface area contributed by atoms with E-state index in [1.54, 1.807) is 0 Å². The zero-order valence-corrected chi connectivity index (χ0v) is 10.3. The number of rotatable bonds is 5. The second-order valence-electron chi connectivity index (χ2n) is 4.74. The van der Waals surface area contributed by atoms with E-state index in [2.05, 4.69) is 5.32 Å². The van der Waals surface area contributed by atoms with Gasteiger partial charge < -0.3 is 15.3 Å². The van der Waals surface area contributed by atoms with Gasteiger partial charge in [-0.25, -0.2) is 0 Å². The van der Waals surface area contributed by atoms with E-state index >= 15 is 0 Å². The summed E-state index contributed by atoms with van der Waals surface area (Å²) >= 11 is 0. The number of aliphatic carboxylic acids is 1. The van der Waals surface area contributed by atoms with Crippen LogP contribution in [0.15, 0.2) is 0 Å². The Balaban J connectivity index is 2.48. The predicted molar refractivity (Wildman–Crippen MR) is 60.3 cm³/mol. The van der Waals surface area contributed by atoms with Crippen LogP contribution in [0.1, 0.15) is 19.8 Å². The van der Waals surface area contributed by atoms with E-state index in [0.29, 0.717) is 19.5 Å². The van der Waals surface area contributed by atoms with Crippen LogP contribution in [0.25, 0.3) is 0 Å². The summed E-state index contributed by atoms with van der Waals surface area (Å²) in [6, 6.07) is -0.287. The van der Waals surface area contributed by atoms with E-state index in [9.17, 15) is 18.0 Å². The third-order valence-corrected chi connectivity index (χ3v) is 3.11. The van der Waals surface area contributed by atoms with Crippen molar-refractivity contribution in [2.45, 2.75) is 32.0 Å². The van der Waals surface area contributed by atoms with Gasteiger partial charge in [-0.3, -0.25) is 4.79 Å². The van der Waals surface area contributed by atoms with Crippen LogP contribution in [0, 0.1) is 5.92 Å². The number of hydrogen-bond acceptors (Lipinski definition) is 3. The Morgan fingerprint density at radius 1 is 1.44 bits per heavy atom. The quantitative estimate of drug-likeness (QED) is 0.789. The Morgan fingerprint density at radius 2 is 2.11 bits per heavy atom. The number of carboxylic acid groups (broad SMARTS) is 1. The fourth-order valence-corrected chi connectivity index (χ4v) is 2.36. The lowest BCUT2D eigenvalue weighted by molar-refractivity contribution is -0.139. The average molecular weight is 268 g/mol. The van der Waals surface area contributed by atoms with Gasteiger partial charge in [-0.1, -0.05) is 6.92 Å². The van der Waals surface area contributed by atoms with Gasteiger partial charge >= 0.3 is 12.1 Å². The number of carbonyl (C=O) groups is 1. The van der Waals surface area contributed by atoms with Crippen molar-refractivity contribution in [3.63, 3.8) is 0 Å². The highest BCUT2D eigenvalue weighted by Gasteiger charge is 2.32. The molecule has 0 bridgehead atoms. The minimum Gasteiger partial charge on any atom is -0.481 e. The lowest BCUT2D eigenvalue weighted by atomic mass is 9.91. The van der Waals surface area contributed by atoms with E-state index in [-0.39, 0.29) is 18.4 Å². The van der Waals surface area contributed by atoms with Crippen LogP contribution >= 0.6 is 0 Å². The molecule has 2 unspecified atom stereocenters. The lowest BCUT2D eigenvalue weighted by Crippen LogP contribution is -2.51. The van der Waals surface area contributed by atoms with Crippen molar-refractivity contribution in [2.24, 2.45) is 5.92 Å². The number of likely N-dealkylation sites (tertiary alicyclic amines) is 1. The molecule has 1 fully saturated rings. The van der Waals surface area contributed by atoms with E-state index in [0.717, 1.165) is 6.54 Å². The summed E-state index contributed by atoms with van der Waals surface area (Å²) in [6.07, 6.45) is -3.73. The molecule has 4 nitrogen and oxygen atoms in total. The first-order valence-corrected chi connectivity index (χ1v) is 6.04. The Hall–Kier alpha value is -0.820. The maximum absolute atomic E-state index is 12.1. The van der Waals surface area contributed by atoms with Crippen LogP contribution < -0.4 is 5.32 Å². The summed E-state index contributed by atoms with van der Waals surface area (Å²) in [7, 11) is 0. The molecule has 0 aromatic carbocycles. The van der Waals surface area contributed by atoms with Gasteiger partial charge in [0.25, 0.3) is 0 Å². The van der Waals surface area contributed by atoms with Crippen LogP contribution in [0.3, 0.4) is 0 Å². The second kappa shape index (κ2) is 6.38. The standard InChI is InChI=1S/C11H19F3N2O2/c1-2-16-5-8(4-10(17)18)3-9(6-16)15-7-11(12,13)14/h8-9,15H,2-7H2,1H3,(H,17,18). The monoisotopic (exact) mass is 268 g/mol. The number of hydrogen-bond donors (Lipinski definition) is 2. The average Bonchev–Trinajstić information content (AvgIpc) is 2.24. The highest BCUT2D eigenvalue weighted by molar-refractivity contribution is 5.67. The maximum atomic E-state index is 12.1. The van der Waals surface area contributed by atoms with Gasteiger partial charge in [-0.05, 0) is 18.9 Å². The third kappa shape index (κ3) is 5.68. The minimum absolute atomic E-state index is 0.0146. The van der Waals surface area contributed by atoms with Gasteiger partial charge in [0.2, 0.25) is 0 Å². The summed E-state index contributed by atoms with van der Waals surface area (Å²) in [5, 5.41) is 11.2. The molecule has 0 aromatic rings. The molecular formula is C11H19F3N2O2. The number of halogens is 3. The number of carboxylic acids is 1. The molecule has 0 aromatic heterocycles. The van der Waals surface area contributed by atoms with E-state index in [1.807, 2.05) is 11.8 Å². The molecule has 0 spiro atoms. The Labute approximate surface area is 104 Å². The molecule has 0 amide bonds. The largest absolute Gasteiger partial charge is 0.481 e. The summed E-state index contributed by atoms with van der Waals surface area (Å²) in [5.41, 5.74) is 0. The summed E-state index contributed by atoms with van der Waals surface area (Å²) in [5.74, 6) is -0.977. The SMILES string of the molecule is CCN1CC(CC(=O)O)CC(NCC(F)(F)F)C1. The van der Waals surface area contributed by atoms with Gasteiger partial charge in [0.05, 0.1) is 6.54 Å². The van der Waals surface area contributed by atoms with Crippen molar-refractivity contribution in [2.75, 3.05) is 26.2 Å². The highest BCUT2D eigenvalue weighted by atomic mass is 19.4. The van der Waals surface area contributed by atoms with E-state index in [1.165, 1.54) is 0 Å². The molecule has 0 radical (unpaired) electrons. The van der Waals surface area contributed by atoms with Crippen molar-refractivity contribution >= 4 is 5.97 Å². The zero-order chi connectivity index (χ0) is 13.8. The zero-order valence-electron chi connectivity index (χ0n) is 10.3. The van der Waals surface area contributed by atoms with Crippen molar-refractivity contribution in [1.29, 1.82) is 0 Å². The predicted octanol–water partition coefficient (Wildman–Crippen LogP) is 1.32. The first-order valence-electron chi connectivity index (χ1n) is 6.04. The molecule has 1 rings (SSSR count). The van der Waals surface area contributed by atoms with Crippen molar-refractivity contribution in [3.8, 4) is 0 Å². The molecule has 2 N–H and O–H groups in total. The van der Waals surface area contributed by atoms with Gasteiger partial charge in [0, 0.05) is 25.6 Å². The van der Waals surface area contributed by atoms with Crippen LogP contribution in [0.4, 0.5) is 13.2 Å². The first kappa shape index (κ1) is 15.2. The van der Waals surface area contributed by atoms with Crippen molar-refractivity contribution < 1.29 is 23.1 Å². The molecule has 106 valence electrons. The van der Waals surface area contributed by atoms with Crippen LogP contribution in [0.5, 0.6) is 0 Å². The topological polar surface area (TPSA) is 52.6 Å². The molecule has 1 saturated heterocycles. The minimum atomic E-state index is -4.23. The third-order valence-electron chi connectivity index (χ3n) is 3.11. The normalized spacial score (nSPS) is 26.2. The highest BCUT2D eigenvalue weighted by Crippen LogP contribution is 2.21. The number of likely N-dealkylation sites (N-methyl/N-ethyl adjacent to an activating group) is 1. The first-order chi connectivity index (χ1) is 8.30. The van der Waals surface area contributed by atoms with Crippen molar-refractivity contribution in [1.82, 2.24) is 10.2 Å². The van der Waals surface area contributed by atoms with Gasteiger partial charge in [-0.2, -0.15) is 13.2 Å². The van der Waals surface area contributed by atoms with Gasteiger partial charge in [0.15, 0.2) is 0 Å². The smallest absolute Gasteiger partial charge is 0.401 e. The second-order valence-corrected chi connectivity index (χ2v) is 4.74. The molecule has 1 heterocycles. The van der Waals surface area contributed by atoms with Gasteiger partial charge in [-0.15, -0.1) is 0 Å². The summed E-state index contributed by atoms with van der Waals surface area (Å²) in [6.45, 7) is 2.81. The summed E-state index contributed by atoms with van der Waals surface area (Å²) < 4.78 is 36.4. The molecule has 1 aliphatic rings. The number of nitrogens with one attached hydrogen (secondary N) is 1. The van der Waals surface area contributed by atoms with E-state index in [4.69, 9.17) is 5.11 Å². The van der Waals surface area contributed by atoms with E-state index < -0.39 is 18.7 Å². The maximum Gasteiger partial charge on any atom is 0.401 e. The van der Waals surface area contributed by atoms with Crippen molar-refractivity contribution in [3.05, 3.63) is 0 Å². The molecule has 0 aliphatic carbocycles. The summed E-state index contributed by atoms with van der Waals surface area (Å²) in [4.78, 5) is 12.7. The molecular weight excluding hydrogens is 249 g/mol. The van der Waals surface area contributed by atoms with Crippen LogP contribution in [-0.2, 0) is 4.79 Å². The fraction of sp³-hybridized carbons (Fsp3) is 0.909. The molecule has 18 heavy (non-hydrogen) atoms. The van der Waals surface area contributed by atoms with Gasteiger partial charge in [0.1, 0.15) is 0 Å². The number of piperidine rings is 1. The molecule has 1 aliphatic heterocycles. The molecule has 0 saturated carbocycles. The molecule has 2 atom stereocenters. The number of nitrogens with zero attached hydrogens (tertiary/aromatic N) is 1. The fourth-order valence-electron chi connectivity index (χ4n) is 2.36. The number of alkyl halides is 3. The van der Waals surface area contributed by atoms with Crippen LogP contribution in [-0.4, -0.2) is 54.4 Å². The molecule has 7 heteroatoms. The lowest BCUT2D eigenvalue weighted by Gasteiger charge is -2.37. The Morgan fingerprint density at radius 3 is 2.61 bits per heavy atom.